The summed E-state index contributed by atoms with van der Waals surface area (Å²) in [5, 5.41) is 6.56. The minimum atomic E-state index is -2.05. The molecule has 0 radical (unpaired) electrons. The van der Waals surface area contributed by atoms with Crippen molar-refractivity contribution in [1.29, 1.82) is 0 Å². The second kappa shape index (κ2) is 12.4. The first-order chi connectivity index (χ1) is 23.1. The Hall–Kier alpha value is -4.73. The van der Waals surface area contributed by atoms with Crippen LogP contribution < -0.4 is 16.3 Å². The molecule has 48 heavy (non-hydrogen) atoms. The molecule has 1 aromatic heterocycles. The van der Waals surface area contributed by atoms with E-state index in [2.05, 4.69) is 20.6 Å². The van der Waals surface area contributed by atoms with Crippen molar-refractivity contribution >= 4 is 75.9 Å². The van der Waals surface area contributed by atoms with Crippen LogP contribution in [0.2, 0.25) is 20.1 Å². The van der Waals surface area contributed by atoms with E-state index in [1.807, 2.05) is 0 Å². The number of halogens is 4. The van der Waals surface area contributed by atoms with Crippen LogP contribution in [0.3, 0.4) is 0 Å². The fraction of sp³-hybridized carbons (Fsp3) is 0.0833. The van der Waals surface area contributed by atoms with E-state index < -0.39 is 40.8 Å². The third kappa shape index (κ3) is 5.41. The molecule has 5 aromatic rings. The number of H-pyrrole nitrogens is 1. The maximum atomic E-state index is 14.7. The lowest BCUT2D eigenvalue weighted by atomic mass is 9.52. The molecule has 1 spiro atoms. The van der Waals surface area contributed by atoms with Gasteiger partial charge in [0.25, 0.3) is 0 Å². The van der Waals surface area contributed by atoms with E-state index in [1.54, 1.807) is 103 Å². The van der Waals surface area contributed by atoms with Gasteiger partial charge < -0.3 is 4.98 Å². The Labute approximate surface area is 293 Å². The van der Waals surface area contributed by atoms with E-state index in [0.29, 0.717) is 59.2 Å². The third-order valence-electron chi connectivity index (χ3n) is 8.69. The van der Waals surface area contributed by atoms with Crippen molar-refractivity contribution in [3.8, 4) is 11.3 Å². The number of rotatable bonds is 4. The van der Waals surface area contributed by atoms with Crippen LogP contribution in [0.15, 0.2) is 102 Å². The zero-order valence-corrected chi connectivity index (χ0v) is 27.6. The molecule has 1 aliphatic carbocycles. The summed E-state index contributed by atoms with van der Waals surface area (Å²) in [7, 11) is 0. The van der Waals surface area contributed by atoms with E-state index >= 15 is 0 Å². The van der Waals surface area contributed by atoms with Crippen molar-refractivity contribution in [3.05, 3.63) is 156 Å². The van der Waals surface area contributed by atoms with Gasteiger partial charge in [0.15, 0.2) is 5.41 Å². The number of hydrogen-bond donors (Lipinski definition) is 3. The van der Waals surface area contributed by atoms with Gasteiger partial charge >= 0.3 is 11.7 Å². The zero-order valence-electron chi connectivity index (χ0n) is 24.6. The van der Waals surface area contributed by atoms with Crippen LogP contribution in [-0.2, 0) is 9.59 Å². The van der Waals surface area contributed by atoms with E-state index in [1.165, 1.54) is 0 Å². The number of nitrogens with zero attached hydrogens (tertiary/aromatic N) is 1. The molecule has 8 nitrogen and oxygen atoms in total. The Morgan fingerprint density at radius 2 is 1.06 bits per heavy atom. The number of carbonyl (C=O) groups is 3. The number of benzene rings is 4. The van der Waals surface area contributed by atoms with Crippen molar-refractivity contribution in [2.45, 2.75) is 11.8 Å². The summed E-state index contributed by atoms with van der Waals surface area (Å²) in [6, 6.07) is 26.2. The van der Waals surface area contributed by atoms with Crippen LogP contribution in [0.4, 0.5) is 4.79 Å². The normalized spacial score (nSPS) is 19.2. The van der Waals surface area contributed by atoms with Gasteiger partial charge in [-0.3, -0.25) is 20.2 Å². The number of aromatic nitrogens is 2. The van der Waals surface area contributed by atoms with Crippen molar-refractivity contribution in [2.75, 3.05) is 0 Å². The van der Waals surface area contributed by atoms with Gasteiger partial charge in [-0.05, 0) is 82.4 Å². The van der Waals surface area contributed by atoms with Crippen molar-refractivity contribution in [3.63, 3.8) is 0 Å². The Kier molecular flexibility index (Phi) is 8.21. The smallest absolute Gasteiger partial charge is 0.305 e. The van der Waals surface area contributed by atoms with Crippen LogP contribution in [0.25, 0.3) is 22.9 Å². The molecule has 2 atom stereocenters. The summed E-state index contributed by atoms with van der Waals surface area (Å²) >= 11 is 25.1. The number of aromatic amines is 1. The third-order valence-corrected chi connectivity index (χ3v) is 9.70. The van der Waals surface area contributed by atoms with E-state index in [-0.39, 0.29) is 5.69 Å². The van der Waals surface area contributed by atoms with Gasteiger partial charge in [0.2, 0.25) is 11.8 Å². The molecule has 1 fully saturated rings. The molecule has 2 unspecified atom stereocenters. The van der Waals surface area contributed by atoms with Gasteiger partial charge in [-0.25, -0.2) is 9.59 Å². The first-order valence-electron chi connectivity index (χ1n) is 14.6. The van der Waals surface area contributed by atoms with E-state index in [0.717, 1.165) is 0 Å². The Morgan fingerprint density at radius 3 is 1.58 bits per heavy atom. The SMILES string of the molecule is O=C1NC(=O)C2(C(=O)N1)C(c1ccc(Cl)cc1)/C(=C/c1ccc(Cl)cc1)c1nc(=O)[nH]c(-c3ccc(Cl)cc3)c1C2c1ccc(Cl)cc1. The summed E-state index contributed by atoms with van der Waals surface area (Å²) in [6.45, 7) is 0. The van der Waals surface area contributed by atoms with E-state index in [9.17, 15) is 19.2 Å². The van der Waals surface area contributed by atoms with Crippen molar-refractivity contribution in [1.82, 2.24) is 20.6 Å². The average molecular weight is 716 g/mol. The number of hydrogen-bond acceptors (Lipinski definition) is 5. The maximum Gasteiger partial charge on any atom is 0.345 e. The quantitative estimate of drug-likeness (QED) is 0.164. The molecular formula is C36H22Cl4N4O4. The van der Waals surface area contributed by atoms with Gasteiger partial charge in [-0.1, -0.05) is 94.9 Å². The van der Waals surface area contributed by atoms with Crippen molar-refractivity contribution in [2.24, 2.45) is 5.41 Å². The lowest BCUT2D eigenvalue weighted by Gasteiger charge is -2.50. The second-order valence-corrected chi connectivity index (χ2v) is 13.2. The van der Waals surface area contributed by atoms with Crippen LogP contribution in [0.1, 0.15) is 39.8 Å². The lowest BCUT2D eigenvalue weighted by Crippen LogP contribution is -2.67. The second-order valence-electron chi connectivity index (χ2n) is 11.4. The largest absolute Gasteiger partial charge is 0.345 e. The summed E-state index contributed by atoms with van der Waals surface area (Å²) in [6.07, 6.45) is 1.77. The molecule has 1 saturated heterocycles. The highest BCUT2D eigenvalue weighted by molar-refractivity contribution is 6.31. The van der Waals surface area contributed by atoms with Crippen LogP contribution in [0, 0.1) is 5.41 Å². The molecule has 7 rings (SSSR count). The molecule has 2 aliphatic rings. The standard InChI is InChI=1S/C36H22Cl4N4O4/c37-22-9-1-18(2-10-22)17-26-28(19-3-11-23(38)12-4-19)36(32(45)43-35(48)44-33(36)46)29(20-5-13-24(39)14-6-20)27-30(41-34(47)42-31(26)27)21-7-15-25(40)16-8-21/h1-17,28-29H,(H,41,42,47)(H2,43,44,45,46,48)/b26-17-. The highest BCUT2D eigenvalue weighted by atomic mass is 35.5. The summed E-state index contributed by atoms with van der Waals surface area (Å²) in [4.78, 5) is 63.0. The van der Waals surface area contributed by atoms with Gasteiger partial charge in [-0.15, -0.1) is 0 Å². The molecule has 238 valence electrons. The zero-order chi connectivity index (χ0) is 33.7. The van der Waals surface area contributed by atoms with Gasteiger partial charge in [0, 0.05) is 37.5 Å². The maximum absolute atomic E-state index is 14.7. The predicted octanol–water partition coefficient (Wildman–Crippen LogP) is 7.87. The Morgan fingerprint density at radius 1 is 0.604 bits per heavy atom. The minimum absolute atomic E-state index is 0.252. The average Bonchev–Trinajstić information content (AvgIpc) is 3.06. The monoisotopic (exact) mass is 714 g/mol. The van der Waals surface area contributed by atoms with Crippen LogP contribution in [0.5, 0.6) is 0 Å². The van der Waals surface area contributed by atoms with Crippen molar-refractivity contribution < 1.29 is 14.4 Å². The molecule has 4 amide bonds. The molecule has 0 bridgehead atoms. The minimum Gasteiger partial charge on any atom is -0.305 e. The fourth-order valence-electron chi connectivity index (χ4n) is 6.75. The number of urea groups is 1. The fourth-order valence-corrected chi connectivity index (χ4v) is 7.25. The molecule has 3 N–H and O–H groups in total. The van der Waals surface area contributed by atoms with Crippen LogP contribution >= 0.6 is 46.4 Å². The highest BCUT2D eigenvalue weighted by Crippen LogP contribution is 2.62. The first-order valence-corrected chi connectivity index (χ1v) is 16.1. The summed E-state index contributed by atoms with van der Waals surface area (Å²) in [5.41, 5.74) is 0.834. The molecule has 4 aromatic carbocycles. The first kappa shape index (κ1) is 31.8. The number of allylic oxidation sites excluding steroid dienone is 1. The highest BCUT2D eigenvalue weighted by Gasteiger charge is 2.65. The summed E-state index contributed by atoms with van der Waals surface area (Å²) in [5.74, 6) is -3.89. The predicted molar refractivity (Wildman–Crippen MR) is 186 cm³/mol. The molecule has 1 aliphatic heterocycles. The molecular weight excluding hydrogens is 694 g/mol. The molecule has 2 heterocycles. The van der Waals surface area contributed by atoms with Gasteiger partial charge in [0.1, 0.15) is 0 Å². The Balaban J connectivity index is 1.69. The van der Waals surface area contributed by atoms with E-state index in [4.69, 9.17) is 46.4 Å². The van der Waals surface area contributed by atoms with Gasteiger partial charge in [0.05, 0.1) is 11.4 Å². The molecule has 0 saturated carbocycles. The van der Waals surface area contributed by atoms with Crippen LogP contribution in [-0.4, -0.2) is 27.8 Å². The number of fused-ring (bicyclic) bond motifs is 1. The number of imide groups is 2. The number of amides is 4. The molecule has 12 heteroatoms. The summed E-state index contributed by atoms with van der Waals surface area (Å²) < 4.78 is 0. The number of nitrogens with one attached hydrogen (secondary N) is 3. The lowest BCUT2D eigenvalue weighted by molar-refractivity contribution is -0.146. The topological polar surface area (TPSA) is 121 Å². The number of carbonyl (C=O) groups excluding carboxylic acids is 3. The Bertz CT molecular complexity index is 2180. The number of barbiturate groups is 1. The van der Waals surface area contributed by atoms with Gasteiger partial charge in [-0.2, -0.15) is 4.98 Å².